The highest BCUT2D eigenvalue weighted by atomic mass is 16.4. The van der Waals surface area contributed by atoms with E-state index in [-0.39, 0.29) is 6.04 Å². The summed E-state index contributed by atoms with van der Waals surface area (Å²) in [6, 6.07) is 2.20. The summed E-state index contributed by atoms with van der Waals surface area (Å²) in [5.74, 6) is 0.192. The molecule has 0 bridgehead atoms. The molecule has 1 saturated carbocycles. The summed E-state index contributed by atoms with van der Waals surface area (Å²) in [7, 11) is 0. The summed E-state index contributed by atoms with van der Waals surface area (Å²) in [5, 5.41) is 9.68. The number of carboxylic acids is 1. The summed E-state index contributed by atoms with van der Waals surface area (Å²) in [5.41, 5.74) is 1.25. The maximum Gasteiger partial charge on any atom is 0.310 e. The van der Waals surface area contributed by atoms with Gasteiger partial charge in [-0.25, -0.2) is 4.98 Å². The van der Waals surface area contributed by atoms with Crippen molar-refractivity contribution in [1.82, 2.24) is 14.5 Å². The number of nitrogens with zero attached hydrogens (tertiary/aromatic N) is 3. The molecule has 2 aromatic rings. The lowest BCUT2D eigenvalue weighted by Gasteiger charge is -2.24. The minimum atomic E-state index is -0.680. The molecule has 0 atom stereocenters. The molecule has 0 unspecified atom stereocenters. The molecule has 0 radical (unpaired) electrons. The number of carbonyl (C=O) groups is 1. The van der Waals surface area contributed by atoms with Crippen molar-refractivity contribution < 1.29 is 9.90 Å². The fraction of sp³-hybridized carbons (Fsp3) is 0.562. The van der Waals surface area contributed by atoms with Crippen molar-refractivity contribution in [3.8, 4) is 0 Å². The van der Waals surface area contributed by atoms with Crippen LogP contribution in [-0.4, -0.2) is 25.6 Å². The highest BCUT2D eigenvalue weighted by Gasteiger charge is 2.42. The number of hydrogen-bond acceptors (Lipinski definition) is 3. The van der Waals surface area contributed by atoms with E-state index in [0.717, 1.165) is 42.5 Å². The van der Waals surface area contributed by atoms with Crippen LogP contribution in [0.3, 0.4) is 0 Å². The van der Waals surface area contributed by atoms with Gasteiger partial charge in [-0.1, -0.05) is 12.8 Å². The van der Waals surface area contributed by atoms with Crippen LogP contribution in [0.4, 0.5) is 0 Å². The first-order valence-electron chi connectivity index (χ1n) is 7.58. The summed E-state index contributed by atoms with van der Waals surface area (Å²) in [4.78, 5) is 20.6. The Kier molecular flexibility index (Phi) is 3.43. The van der Waals surface area contributed by atoms with Crippen molar-refractivity contribution >= 4 is 17.0 Å². The molecule has 2 aromatic heterocycles. The summed E-state index contributed by atoms with van der Waals surface area (Å²) >= 11 is 0. The Morgan fingerprint density at radius 1 is 1.43 bits per heavy atom. The third kappa shape index (κ3) is 2.30. The zero-order chi connectivity index (χ0) is 15.0. The molecule has 0 aromatic carbocycles. The average molecular weight is 287 g/mol. The van der Waals surface area contributed by atoms with E-state index in [0.29, 0.717) is 6.42 Å². The number of rotatable bonds is 4. The van der Waals surface area contributed by atoms with E-state index in [2.05, 4.69) is 28.4 Å². The molecule has 1 aliphatic carbocycles. The second-order valence-corrected chi connectivity index (χ2v) is 6.33. The van der Waals surface area contributed by atoms with E-state index in [1.54, 1.807) is 12.4 Å². The maximum absolute atomic E-state index is 11.8. The summed E-state index contributed by atoms with van der Waals surface area (Å²) in [6.07, 6.45) is 7.51. The normalized spacial score (nSPS) is 17.7. The van der Waals surface area contributed by atoms with Gasteiger partial charge < -0.3 is 9.67 Å². The first-order chi connectivity index (χ1) is 10.0. The Bertz CT molecular complexity index is 669. The first-order valence-corrected chi connectivity index (χ1v) is 7.58. The predicted octanol–water partition coefficient (Wildman–Crippen LogP) is 3.20. The molecular weight excluding hydrogens is 266 g/mol. The highest BCUT2D eigenvalue weighted by Crippen LogP contribution is 2.41. The van der Waals surface area contributed by atoms with Crippen LogP contribution >= 0.6 is 0 Å². The molecule has 2 heterocycles. The van der Waals surface area contributed by atoms with Crippen LogP contribution in [0.15, 0.2) is 18.5 Å². The second-order valence-electron chi connectivity index (χ2n) is 6.33. The molecule has 0 saturated heterocycles. The number of hydrogen-bond donors (Lipinski definition) is 1. The van der Waals surface area contributed by atoms with Crippen molar-refractivity contribution in [3.05, 3.63) is 24.3 Å². The smallest absolute Gasteiger partial charge is 0.310 e. The van der Waals surface area contributed by atoms with Crippen LogP contribution in [0.1, 0.15) is 51.4 Å². The molecule has 0 spiro atoms. The molecular formula is C16H21N3O2. The molecule has 1 fully saturated rings. The number of pyridine rings is 1. The van der Waals surface area contributed by atoms with E-state index in [1.165, 1.54) is 0 Å². The van der Waals surface area contributed by atoms with Gasteiger partial charge >= 0.3 is 5.97 Å². The summed E-state index contributed by atoms with van der Waals surface area (Å²) < 4.78 is 2.15. The maximum atomic E-state index is 11.8. The Morgan fingerprint density at radius 3 is 2.76 bits per heavy atom. The van der Waals surface area contributed by atoms with Gasteiger partial charge in [0.15, 0.2) is 0 Å². The molecule has 3 rings (SSSR count). The van der Waals surface area contributed by atoms with Crippen LogP contribution in [0.2, 0.25) is 0 Å². The molecule has 21 heavy (non-hydrogen) atoms. The molecule has 1 N–H and O–H groups in total. The molecule has 1 aliphatic rings. The Labute approximate surface area is 124 Å². The minimum absolute atomic E-state index is 0.250. The lowest BCUT2D eigenvalue weighted by molar-refractivity contribution is -0.148. The number of aromatic nitrogens is 3. The molecule has 0 amide bonds. The first kappa shape index (κ1) is 14.0. The SMILES string of the molecule is CC(C)n1c(CC2(C(=O)O)CCCC2)nc2cnccc21. The van der Waals surface area contributed by atoms with E-state index < -0.39 is 11.4 Å². The largest absolute Gasteiger partial charge is 0.481 e. The Balaban J connectivity index is 2.07. The van der Waals surface area contributed by atoms with Gasteiger partial charge in [0.25, 0.3) is 0 Å². The fourth-order valence-corrected chi connectivity index (χ4v) is 3.52. The Hall–Kier alpha value is -1.91. The number of carboxylic acid groups (broad SMARTS) is 1. The number of imidazole rings is 1. The standard InChI is InChI=1S/C16H21N3O2/c1-11(2)19-13-5-8-17-10-12(13)18-14(19)9-16(15(20)21)6-3-4-7-16/h5,8,10-11H,3-4,6-7,9H2,1-2H3,(H,20,21). The van der Waals surface area contributed by atoms with E-state index in [9.17, 15) is 9.90 Å². The molecule has 0 aliphatic heterocycles. The zero-order valence-electron chi connectivity index (χ0n) is 12.5. The van der Waals surface area contributed by atoms with Crippen LogP contribution < -0.4 is 0 Å². The van der Waals surface area contributed by atoms with Gasteiger partial charge in [-0.15, -0.1) is 0 Å². The molecule has 5 heteroatoms. The predicted molar refractivity (Wildman–Crippen MR) is 80.2 cm³/mol. The minimum Gasteiger partial charge on any atom is -0.481 e. The van der Waals surface area contributed by atoms with E-state index >= 15 is 0 Å². The van der Waals surface area contributed by atoms with Crippen LogP contribution in [0, 0.1) is 5.41 Å². The van der Waals surface area contributed by atoms with Gasteiger partial charge in [0.2, 0.25) is 0 Å². The quantitative estimate of drug-likeness (QED) is 0.937. The van der Waals surface area contributed by atoms with Gasteiger partial charge in [0, 0.05) is 18.7 Å². The monoisotopic (exact) mass is 287 g/mol. The van der Waals surface area contributed by atoms with Gasteiger partial charge in [0.1, 0.15) is 11.3 Å². The lowest BCUT2D eigenvalue weighted by Crippen LogP contribution is -2.31. The number of fused-ring (bicyclic) bond motifs is 1. The van der Waals surface area contributed by atoms with Crippen LogP contribution in [0.25, 0.3) is 11.0 Å². The highest BCUT2D eigenvalue weighted by molar-refractivity contribution is 5.77. The van der Waals surface area contributed by atoms with Gasteiger partial charge in [-0.3, -0.25) is 9.78 Å². The van der Waals surface area contributed by atoms with Crippen molar-refractivity contribution in [2.45, 2.75) is 52.0 Å². The Morgan fingerprint density at radius 2 is 2.14 bits per heavy atom. The van der Waals surface area contributed by atoms with Gasteiger partial charge in [-0.05, 0) is 32.8 Å². The van der Waals surface area contributed by atoms with Crippen LogP contribution in [0.5, 0.6) is 0 Å². The van der Waals surface area contributed by atoms with Crippen LogP contribution in [-0.2, 0) is 11.2 Å². The van der Waals surface area contributed by atoms with E-state index in [1.807, 2.05) is 6.07 Å². The summed E-state index contributed by atoms with van der Waals surface area (Å²) in [6.45, 7) is 4.21. The van der Waals surface area contributed by atoms with Crippen molar-refractivity contribution in [2.75, 3.05) is 0 Å². The van der Waals surface area contributed by atoms with Gasteiger partial charge in [-0.2, -0.15) is 0 Å². The van der Waals surface area contributed by atoms with Crippen molar-refractivity contribution in [1.29, 1.82) is 0 Å². The second kappa shape index (κ2) is 5.13. The molecule has 112 valence electrons. The van der Waals surface area contributed by atoms with E-state index in [4.69, 9.17) is 0 Å². The van der Waals surface area contributed by atoms with Crippen molar-refractivity contribution in [2.24, 2.45) is 5.41 Å². The topological polar surface area (TPSA) is 68.0 Å². The lowest BCUT2D eigenvalue weighted by atomic mass is 9.82. The number of aliphatic carboxylic acids is 1. The van der Waals surface area contributed by atoms with Gasteiger partial charge in [0.05, 0.1) is 17.1 Å². The third-order valence-corrected chi connectivity index (χ3v) is 4.59. The molecule has 5 nitrogen and oxygen atoms in total. The average Bonchev–Trinajstić information content (AvgIpc) is 3.03. The van der Waals surface area contributed by atoms with Crippen molar-refractivity contribution in [3.63, 3.8) is 0 Å². The third-order valence-electron chi connectivity index (χ3n) is 4.59. The zero-order valence-corrected chi connectivity index (χ0v) is 12.5. The fourth-order valence-electron chi connectivity index (χ4n) is 3.52.